The highest BCUT2D eigenvalue weighted by molar-refractivity contribution is 6.09. The van der Waals surface area contributed by atoms with Gasteiger partial charge in [-0.15, -0.1) is 0 Å². The smallest absolute Gasteiger partial charge is 0.270 e. The Morgan fingerprint density at radius 3 is 2.38 bits per heavy atom. The van der Waals surface area contributed by atoms with E-state index < -0.39 is 35.6 Å². The zero-order chi connectivity index (χ0) is 20.8. The van der Waals surface area contributed by atoms with Crippen LogP contribution in [-0.2, 0) is 14.3 Å². The number of carbonyl (C=O) groups is 1. The third-order valence-electron chi connectivity index (χ3n) is 5.50. The Hall–Kier alpha value is -2.48. The number of halogens is 1. The number of alkyl halides is 1. The number of rotatable bonds is 5. The summed E-state index contributed by atoms with van der Waals surface area (Å²) in [5, 5.41) is 10.8. The van der Waals surface area contributed by atoms with E-state index in [2.05, 4.69) is 0 Å². The van der Waals surface area contributed by atoms with E-state index in [9.17, 15) is 9.90 Å². The largest absolute Gasteiger partial charge is 0.497 e. The van der Waals surface area contributed by atoms with Gasteiger partial charge >= 0.3 is 0 Å². The summed E-state index contributed by atoms with van der Waals surface area (Å²) >= 11 is 0. The van der Waals surface area contributed by atoms with Gasteiger partial charge in [0.15, 0.2) is 5.79 Å². The highest BCUT2D eigenvalue weighted by atomic mass is 19.1. The molecule has 4 atom stereocenters. The van der Waals surface area contributed by atoms with Crippen LogP contribution in [-0.4, -0.2) is 48.3 Å². The monoisotopic (exact) mass is 401 g/mol. The molecule has 29 heavy (non-hydrogen) atoms. The first kappa shape index (κ1) is 19.8. The number of aliphatic hydroxyl groups is 1. The van der Waals surface area contributed by atoms with E-state index in [1.165, 1.54) is 4.90 Å². The number of anilines is 1. The van der Waals surface area contributed by atoms with Gasteiger partial charge < -0.3 is 19.3 Å². The molecular weight excluding hydrogens is 377 g/mol. The third-order valence-corrected chi connectivity index (χ3v) is 5.50. The lowest BCUT2D eigenvalue weighted by atomic mass is 9.74. The van der Waals surface area contributed by atoms with Crippen LogP contribution in [0.1, 0.15) is 25.5 Å². The van der Waals surface area contributed by atoms with Crippen LogP contribution >= 0.6 is 0 Å². The van der Waals surface area contributed by atoms with Gasteiger partial charge in [0.1, 0.15) is 24.0 Å². The number of aliphatic hydroxyl groups excluding tert-OH is 1. The van der Waals surface area contributed by atoms with Crippen molar-refractivity contribution < 1.29 is 28.5 Å². The lowest BCUT2D eigenvalue weighted by Crippen LogP contribution is -2.78. The van der Waals surface area contributed by atoms with Crippen molar-refractivity contribution in [1.82, 2.24) is 0 Å². The van der Waals surface area contributed by atoms with Gasteiger partial charge in [-0.05, 0) is 43.7 Å². The van der Waals surface area contributed by atoms with Crippen LogP contribution in [0.15, 0.2) is 54.6 Å². The highest BCUT2D eigenvalue weighted by Gasteiger charge is 2.70. The second-order valence-corrected chi connectivity index (χ2v) is 7.77. The number of nitrogens with zero attached hydrogens (tertiary/aromatic N) is 1. The van der Waals surface area contributed by atoms with Crippen molar-refractivity contribution in [3.05, 3.63) is 60.2 Å². The average Bonchev–Trinajstić information content (AvgIpc) is 3.09. The molecule has 154 valence electrons. The topological polar surface area (TPSA) is 68.2 Å². The van der Waals surface area contributed by atoms with Gasteiger partial charge in [-0.3, -0.25) is 9.69 Å². The molecule has 1 N–H and O–H groups in total. The summed E-state index contributed by atoms with van der Waals surface area (Å²) in [5.74, 6) is -1.08. The van der Waals surface area contributed by atoms with E-state index in [0.29, 0.717) is 17.0 Å². The van der Waals surface area contributed by atoms with E-state index >= 15 is 4.39 Å². The number of ether oxygens (including phenoxy) is 3. The van der Waals surface area contributed by atoms with Crippen LogP contribution in [0.3, 0.4) is 0 Å². The van der Waals surface area contributed by atoms with Crippen LogP contribution in [0.5, 0.6) is 5.75 Å². The Balaban J connectivity index is 1.72. The summed E-state index contributed by atoms with van der Waals surface area (Å²) in [7, 11) is 1.54. The fourth-order valence-electron chi connectivity index (χ4n) is 4.04. The third kappa shape index (κ3) is 3.19. The van der Waals surface area contributed by atoms with E-state index in [0.717, 1.165) is 0 Å². The molecule has 7 heteroatoms. The normalized spacial score (nSPS) is 29.4. The Kier molecular flexibility index (Phi) is 4.85. The van der Waals surface area contributed by atoms with E-state index in [1.807, 2.05) is 0 Å². The molecule has 2 fully saturated rings. The van der Waals surface area contributed by atoms with Crippen molar-refractivity contribution in [2.45, 2.75) is 43.6 Å². The van der Waals surface area contributed by atoms with Gasteiger partial charge in [-0.2, -0.15) is 0 Å². The molecule has 4 rings (SSSR count). The highest BCUT2D eigenvalue weighted by Crippen LogP contribution is 2.50. The van der Waals surface area contributed by atoms with Crippen molar-refractivity contribution >= 4 is 11.6 Å². The zero-order valence-electron chi connectivity index (χ0n) is 16.5. The quantitative estimate of drug-likeness (QED) is 0.780. The molecule has 2 heterocycles. The molecule has 2 saturated heterocycles. The zero-order valence-corrected chi connectivity index (χ0v) is 16.5. The molecule has 0 bridgehead atoms. The molecule has 1 amide bonds. The molecule has 0 aliphatic carbocycles. The summed E-state index contributed by atoms with van der Waals surface area (Å²) in [6, 6.07) is 14.1. The van der Waals surface area contributed by atoms with Gasteiger partial charge in [0.05, 0.1) is 13.7 Å². The first-order valence-electron chi connectivity index (χ1n) is 9.49. The van der Waals surface area contributed by atoms with Crippen molar-refractivity contribution in [2.75, 3.05) is 18.6 Å². The number of carbonyl (C=O) groups excluding carboxylic acids is 1. The molecule has 0 saturated carbocycles. The lowest BCUT2D eigenvalue weighted by molar-refractivity contribution is -0.176. The summed E-state index contributed by atoms with van der Waals surface area (Å²) < 4.78 is 32.9. The number of hydrogen-bond donors (Lipinski definition) is 1. The van der Waals surface area contributed by atoms with Crippen molar-refractivity contribution in [3.63, 3.8) is 0 Å². The molecule has 2 aromatic carbocycles. The molecule has 0 aromatic heterocycles. The molecule has 1 unspecified atom stereocenters. The first-order chi connectivity index (χ1) is 13.8. The average molecular weight is 401 g/mol. The number of hydrogen-bond acceptors (Lipinski definition) is 5. The Bertz CT molecular complexity index is 888. The predicted molar refractivity (Wildman–Crippen MR) is 104 cm³/mol. The van der Waals surface area contributed by atoms with Gasteiger partial charge in [0.25, 0.3) is 5.91 Å². The van der Waals surface area contributed by atoms with E-state index in [-0.39, 0.29) is 6.61 Å². The fraction of sp³-hybridized carbons (Fsp3) is 0.409. The van der Waals surface area contributed by atoms with Gasteiger partial charge in [0.2, 0.25) is 5.67 Å². The Labute approximate surface area is 168 Å². The van der Waals surface area contributed by atoms with E-state index in [1.54, 1.807) is 75.6 Å². The summed E-state index contributed by atoms with van der Waals surface area (Å²) in [5.41, 5.74) is -1.70. The maximum atomic E-state index is 16.2. The minimum Gasteiger partial charge on any atom is -0.497 e. The van der Waals surface area contributed by atoms with E-state index in [4.69, 9.17) is 14.2 Å². The second-order valence-electron chi connectivity index (χ2n) is 7.77. The van der Waals surface area contributed by atoms with Crippen LogP contribution in [0.4, 0.5) is 10.1 Å². The lowest BCUT2D eigenvalue weighted by Gasteiger charge is -2.54. The van der Waals surface area contributed by atoms with Gasteiger partial charge in [0, 0.05) is 5.69 Å². The van der Waals surface area contributed by atoms with Crippen LogP contribution in [0, 0.1) is 0 Å². The standard InChI is InChI=1S/C22H24FNO5/c1-21(2)28-13-17(29-21)18-22(23,19(25)14-7-5-4-6-8-14)20(26)24(18)15-9-11-16(27-3)12-10-15/h4-12,17-19,25H,13H2,1-3H3/t17-,18+,19?,22+/m1/s1. The number of methoxy groups -OCH3 is 1. The summed E-state index contributed by atoms with van der Waals surface area (Å²) in [6.45, 7) is 3.59. The first-order valence-corrected chi connectivity index (χ1v) is 9.49. The Morgan fingerprint density at radius 1 is 1.17 bits per heavy atom. The minimum atomic E-state index is -2.53. The van der Waals surface area contributed by atoms with Crippen LogP contribution in [0.25, 0.3) is 0 Å². The Morgan fingerprint density at radius 2 is 1.83 bits per heavy atom. The molecule has 2 aromatic rings. The van der Waals surface area contributed by atoms with Gasteiger partial charge in [-0.1, -0.05) is 30.3 Å². The van der Waals surface area contributed by atoms with Crippen LogP contribution in [0.2, 0.25) is 0 Å². The predicted octanol–water partition coefficient (Wildman–Crippen LogP) is 3.00. The van der Waals surface area contributed by atoms with Crippen molar-refractivity contribution in [1.29, 1.82) is 0 Å². The van der Waals surface area contributed by atoms with Crippen molar-refractivity contribution in [3.8, 4) is 5.75 Å². The number of amides is 1. The van der Waals surface area contributed by atoms with Gasteiger partial charge in [-0.25, -0.2) is 4.39 Å². The maximum absolute atomic E-state index is 16.2. The molecule has 0 radical (unpaired) electrons. The number of benzene rings is 2. The maximum Gasteiger partial charge on any atom is 0.270 e. The molecule has 2 aliphatic rings. The SMILES string of the molecule is COc1ccc(N2C(=O)[C@@](F)(C(O)c3ccccc3)[C@@H]2[C@H]2COC(C)(C)O2)cc1. The van der Waals surface area contributed by atoms with Crippen LogP contribution < -0.4 is 9.64 Å². The summed E-state index contributed by atoms with van der Waals surface area (Å²) in [4.78, 5) is 14.4. The number of β-lactam (4-membered cyclic amide) rings is 1. The molecular formula is C22H24FNO5. The fourth-order valence-corrected chi connectivity index (χ4v) is 4.04. The van der Waals surface area contributed by atoms with Crippen molar-refractivity contribution in [2.24, 2.45) is 0 Å². The molecule has 6 nitrogen and oxygen atoms in total. The molecule has 0 spiro atoms. The molecule has 2 aliphatic heterocycles. The summed E-state index contributed by atoms with van der Waals surface area (Å²) in [6.07, 6.45) is -2.35. The minimum absolute atomic E-state index is 0.116. The second kappa shape index (κ2) is 7.09.